The molecule has 2 aromatic rings. The fraction of sp³-hybridized carbons (Fsp3) is 0.214. The summed E-state index contributed by atoms with van der Waals surface area (Å²) in [7, 11) is 0. The first-order chi connectivity index (χ1) is 8.58. The maximum absolute atomic E-state index is 13.4. The second-order valence-electron chi connectivity index (χ2n) is 4.10. The van der Waals surface area contributed by atoms with E-state index in [4.69, 9.17) is 4.42 Å². The van der Waals surface area contributed by atoms with E-state index in [0.717, 1.165) is 0 Å². The van der Waals surface area contributed by atoms with E-state index in [2.05, 4.69) is 5.32 Å². The number of rotatable bonds is 3. The summed E-state index contributed by atoms with van der Waals surface area (Å²) in [5, 5.41) is 2.67. The zero-order chi connectivity index (χ0) is 13.1. The first-order valence-electron chi connectivity index (χ1n) is 5.66. The predicted octanol–water partition coefficient (Wildman–Crippen LogP) is 2.97. The number of benzene rings is 1. The summed E-state index contributed by atoms with van der Waals surface area (Å²) in [5.41, 5.74) is 0.951. The molecule has 0 spiro atoms. The molecular weight excluding hydrogens is 233 g/mol. The Hall–Kier alpha value is -2.10. The molecule has 0 aliphatic carbocycles. The number of halogens is 1. The molecule has 0 fully saturated rings. The fourth-order valence-electron chi connectivity index (χ4n) is 1.77. The molecule has 4 heteroatoms. The standard InChI is InChI=1S/C14H14FNO2/c1-9-7-12(10(2)18-9)14(17)16-8-11-5-3-4-6-13(11)15/h3-7H,8H2,1-2H3,(H,16,17). The molecule has 0 saturated heterocycles. The molecule has 1 N–H and O–H groups in total. The Kier molecular flexibility index (Phi) is 3.46. The van der Waals surface area contributed by atoms with Gasteiger partial charge in [0.05, 0.1) is 5.56 Å². The van der Waals surface area contributed by atoms with Crippen molar-refractivity contribution in [2.24, 2.45) is 0 Å². The van der Waals surface area contributed by atoms with E-state index in [9.17, 15) is 9.18 Å². The zero-order valence-electron chi connectivity index (χ0n) is 10.3. The number of furan rings is 1. The molecule has 0 aliphatic rings. The molecule has 1 heterocycles. The fourth-order valence-corrected chi connectivity index (χ4v) is 1.77. The largest absolute Gasteiger partial charge is 0.466 e. The molecule has 0 unspecified atom stereocenters. The highest BCUT2D eigenvalue weighted by Crippen LogP contribution is 2.14. The van der Waals surface area contributed by atoms with Crippen molar-refractivity contribution in [2.75, 3.05) is 0 Å². The molecule has 2 rings (SSSR count). The number of hydrogen-bond donors (Lipinski definition) is 1. The van der Waals surface area contributed by atoms with Gasteiger partial charge in [0.1, 0.15) is 17.3 Å². The van der Waals surface area contributed by atoms with Gasteiger partial charge < -0.3 is 9.73 Å². The highest BCUT2D eigenvalue weighted by atomic mass is 19.1. The third-order valence-electron chi connectivity index (χ3n) is 2.68. The van der Waals surface area contributed by atoms with Crippen LogP contribution in [0, 0.1) is 19.7 Å². The van der Waals surface area contributed by atoms with Crippen LogP contribution in [-0.2, 0) is 6.54 Å². The molecule has 1 amide bonds. The van der Waals surface area contributed by atoms with E-state index in [1.807, 2.05) is 0 Å². The Morgan fingerprint density at radius 1 is 1.33 bits per heavy atom. The summed E-state index contributed by atoms with van der Waals surface area (Å²) < 4.78 is 18.6. The second kappa shape index (κ2) is 5.04. The van der Waals surface area contributed by atoms with Gasteiger partial charge in [-0.1, -0.05) is 18.2 Å². The number of carbonyl (C=O) groups is 1. The van der Waals surface area contributed by atoms with Gasteiger partial charge in [0, 0.05) is 12.1 Å². The average Bonchev–Trinajstić information content (AvgIpc) is 2.67. The van der Waals surface area contributed by atoms with Gasteiger partial charge in [-0.3, -0.25) is 4.79 Å². The zero-order valence-corrected chi connectivity index (χ0v) is 10.3. The Morgan fingerprint density at radius 3 is 2.67 bits per heavy atom. The smallest absolute Gasteiger partial charge is 0.255 e. The number of nitrogens with one attached hydrogen (secondary N) is 1. The van der Waals surface area contributed by atoms with Gasteiger partial charge >= 0.3 is 0 Å². The Morgan fingerprint density at radius 2 is 2.06 bits per heavy atom. The summed E-state index contributed by atoms with van der Waals surface area (Å²) in [4.78, 5) is 11.9. The first-order valence-corrected chi connectivity index (χ1v) is 5.66. The summed E-state index contributed by atoms with van der Waals surface area (Å²) in [5.74, 6) is 0.674. The average molecular weight is 247 g/mol. The van der Waals surface area contributed by atoms with Crippen molar-refractivity contribution in [3.63, 3.8) is 0 Å². The molecule has 1 aromatic carbocycles. The molecule has 0 radical (unpaired) electrons. The van der Waals surface area contributed by atoms with Crippen LogP contribution in [0.2, 0.25) is 0 Å². The first kappa shape index (κ1) is 12.4. The van der Waals surface area contributed by atoms with Crippen molar-refractivity contribution < 1.29 is 13.6 Å². The lowest BCUT2D eigenvalue weighted by molar-refractivity contribution is 0.0949. The third kappa shape index (κ3) is 2.59. The van der Waals surface area contributed by atoms with Gasteiger partial charge in [-0.05, 0) is 26.0 Å². The second-order valence-corrected chi connectivity index (χ2v) is 4.10. The van der Waals surface area contributed by atoms with Crippen LogP contribution in [-0.4, -0.2) is 5.91 Å². The molecule has 0 aliphatic heterocycles. The molecular formula is C14H14FNO2. The Labute approximate surface area is 105 Å². The van der Waals surface area contributed by atoms with Gasteiger partial charge in [0.2, 0.25) is 0 Å². The van der Waals surface area contributed by atoms with Crippen LogP contribution >= 0.6 is 0 Å². The lowest BCUT2D eigenvalue weighted by Crippen LogP contribution is -2.23. The monoisotopic (exact) mass is 247 g/mol. The number of amides is 1. The van der Waals surface area contributed by atoms with Gasteiger partial charge in [-0.25, -0.2) is 4.39 Å². The Balaban J connectivity index is 2.05. The summed E-state index contributed by atoms with van der Waals surface area (Å²) in [6.45, 7) is 3.67. The van der Waals surface area contributed by atoms with Crippen LogP contribution < -0.4 is 5.32 Å². The molecule has 0 saturated carbocycles. The minimum Gasteiger partial charge on any atom is -0.466 e. The summed E-state index contributed by atoms with van der Waals surface area (Å²) in [6, 6.07) is 8.03. The van der Waals surface area contributed by atoms with Gasteiger partial charge in [0.15, 0.2) is 0 Å². The number of hydrogen-bond acceptors (Lipinski definition) is 2. The topological polar surface area (TPSA) is 42.2 Å². The molecule has 3 nitrogen and oxygen atoms in total. The van der Waals surface area contributed by atoms with Crippen LogP contribution in [0.1, 0.15) is 27.4 Å². The van der Waals surface area contributed by atoms with Crippen LogP contribution in [0.25, 0.3) is 0 Å². The van der Waals surface area contributed by atoms with Crippen LogP contribution in [0.5, 0.6) is 0 Å². The summed E-state index contributed by atoms with van der Waals surface area (Å²) in [6.07, 6.45) is 0. The van der Waals surface area contributed by atoms with Gasteiger partial charge in [0.25, 0.3) is 5.91 Å². The van der Waals surface area contributed by atoms with Crippen molar-refractivity contribution in [1.82, 2.24) is 5.32 Å². The van der Waals surface area contributed by atoms with E-state index in [-0.39, 0.29) is 18.3 Å². The molecule has 94 valence electrons. The highest BCUT2D eigenvalue weighted by Gasteiger charge is 2.13. The predicted molar refractivity (Wildman–Crippen MR) is 65.8 cm³/mol. The quantitative estimate of drug-likeness (QED) is 0.906. The Bertz CT molecular complexity index is 575. The van der Waals surface area contributed by atoms with E-state index in [1.54, 1.807) is 38.1 Å². The van der Waals surface area contributed by atoms with Crippen molar-refractivity contribution in [1.29, 1.82) is 0 Å². The van der Waals surface area contributed by atoms with Gasteiger partial charge in [-0.2, -0.15) is 0 Å². The lowest BCUT2D eigenvalue weighted by atomic mass is 10.2. The van der Waals surface area contributed by atoms with Crippen molar-refractivity contribution in [3.05, 3.63) is 58.8 Å². The normalized spacial score (nSPS) is 10.4. The molecule has 0 bridgehead atoms. The van der Waals surface area contributed by atoms with E-state index >= 15 is 0 Å². The maximum Gasteiger partial charge on any atom is 0.255 e. The van der Waals surface area contributed by atoms with Crippen LogP contribution in [0.4, 0.5) is 4.39 Å². The molecule has 0 atom stereocenters. The van der Waals surface area contributed by atoms with E-state index in [0.29, 0.717) is 22.6 Å². The van der Waals surface area contributed by atoms with E-state index < -0.39 is 0 Å². The number of aryl methyl sites for hydroxylation is 2. The van der Waals surface area contributed by atoms with Crippen molar-refractivity contribution in [3.8, 4) is 0 Å². The van der Waals surface area contributed by atoms with Crippen LogP contribution in [0.3, 0.4) is 0 Å². The minimum atomic E-state index is -0.321. The maximum atomic E-state index is 13.4. The van der Waals surface area contributed by atoms with Gasteiger partial charge in [-0.15, -0.1) is 0 Å². The third-order valence-corrected chi connectivity index (χ3v) is 2.68. The van der Waals surface area contributed by atoms with Crippen molar-refractivity contribution >= 4 is 5.91 Å². The minimum absolute atomic E-state index is 0.162. The SMILES string of the molecule is Cc1cc(C(=O)NCc2ccccc2F)c(C)o1. The molecule has 18 heavy (non-hydrogen) atoms. The van der Waals surface area contributed by atoms with E-state index in [1.165, 1.54) is 6.07 Å². The lowest BCUT2D eigenvalue weighted by Gasteiger charge is -2.05. The highest BCUT2D eigenvalue weighted by molar-refractivity contribution is 5.95. The molecule has 1 aromatic heterocycles. The summed E-state index contributed by atoms with van der Waals surface area (Å²) >= 11 is 0. The van der Waals surface area contributed by atoms with Crippen LogP contribution in [0.15, 0.2) is 34.7 Å². The number of carbonyl (C=O) groups excluding carboxylic acids is 1. The van der Waals surface area contributed by atoms with Crippen molar-refractivity contribution in [2.45, 2.75) is 20.4 Å².